The van der Waals surface area contributed by atoms with Crippen molar-refractivity contribution < 1.29 is 23.7 Å². The molecule has 178 valence electrons. The van der Waals surface area contributed by atoms with E-state index < -0.39 is 5.97 Å². The largest absolute Gasteiger partial charge is 0.493 e. The minimum absolute atomic E-state index is 0.206. The number of aromatic nitrogens is 2. The highest BCUT2D eigenvalue weighted by Crippen LogP contribution is 2.38. The maximum absolute atomic E-state index is 12.9. The second-order valence-corrected chi connectivity index (χ2v) is 7.38. The van der Waals surface area contributed by atoms with Crippen LogP contribution in [0.3, 0.4) is 0 Å². The monoisotopic (exact) mass is 473 g/mol. The van der Waals surface area contributed by atoms with Gasteiger partial charge in [0.15, 0.2) is 11.5 Å². The van der Waals surface area contributed by atoms with Crippen molar-refractivity contribution in [2.24, 2.45) is 5.10 Å². The summed E-state index contributed by atoms with van der Waals surface area (Å²) in [5, 5.41) is 4.77. The molecular weight excluding hydrogens is 450 g/mol. The normalized spacial score (nSPS) is 11.0. The van der Waals surface area contributed by atoms with Gasteiger partial charge in [0.1, 0.15) is 11.6 Å². The highest BCUT2D eigenvalue weighted by Gasteiger charge is 2.19. The summed E-state index contributed by atoms with van der Waals surface area (Å²) in [6, 6.07) is 16.9. The molecule has 0 aliphatic carbocycles. The van der Waals surface area contributed by atoms with E-state index in [0.717, 1.165) is 0 Å². The van der Waals surface area contributed by atoms with Crippen LogP contribution < -0.4 is 24.5 Å². The third-order valence-corrected chi connectivity index (χ3v) is 5.25. The molecule has 1 aromatic heterocycles. The molecule has 0 unspecified atom stereocenters. The Morgan fingerprint density at radius 2 is 1.57 bits per heavy atom. The van der Waals surface area contributed by atoms with E-state index in [9.17, 15) is 9.59 Å². The molecular formula is C26H23N3O6. The van der Waals surface area contributed by atoms with Gasteiger partial charge in [-0.2, -0.15) is 9.78 Å². The molecule has 0 aliphatic rings. The van der Waals surface area contributed by atoms with E-state index in [0.29, 0.717) is 39.5 Å². The second kappa shape index (κ2) is 10.1. The number of methoxy groups -OCH3 is 3. The van der Waals surface area contributed by atoms with Crippen molar-refractivity contribution in [3.8, 4) is 23.0 Å². The summed E-state index contributed by atoms with van der Waals surface area (Å²) in [6.45, 7) is 1.70. The number of carbonyl (C=O) groups excluding carboxylic acids is 1. The first-order valence-corrected chi connectivity index (χ1v) is 10.6. The number of carbonyl (C=O) groups is 1. The summed E-state index contributed by atoms with van der Waals surface area (Å²) in [4.78, 5) is 30.3. The van der Waals surface area contributed by atoms with E-state index in [1.807, 2.05) is 6.07 Å². The zero-order valence-corrected chi connectivity index (χ0v) is 19.6. The van der Waals surface area contributed by atoms with Crippen molar-refractivity contribution in [2.75, 3.05) is 21.3 Å². The number of esters is 1. The molecule has 0 bridgehead atoms. The predicted molar refractivity (Wildman–Crippen MR) is 131 cm³/mol. The maximum Gasteiger partial charge on any atom is 0.343 e. The number of hydrogen-bond donors (Lipinski definition) is 0. The molecule has 0 radical (unpaired) electrons. The van der Waals surface area contributed by atoms with E-state index in [4.69, 9.17) is 18.9 Å². The summed E-state index contributed by atoms with van der Waals surface area (Å²) in [6.07, 6.45) is 1.45. The molecule has 0 aliphatic heterocycles. The second-order valence-electron chi connectivity index (χ2n) is 7.38. The van der Waals surface area contributed by atoms with Crippen LogP contribution in [-0.2, 0) is 0 Å². The van der Waals surface area contributed by atoms with Crippen LogP contribution in [0.15, 0.2) is 70.6 Å². The Morgan fingerprint density at radius 1 is 0.914 bits per heavy atom. The Balaban J connectivity index is 1.66. The van der Waals surface area contributed by atoms with E-state index in [1.165, 1.54) is 44.4 Å². The Morgan fingerprint density at radius 3 is 2.26 bits per heavy atom. The number of para-hydroxylation sites is 2. The summed E-state index contributed by atoms with van der Waals surface area (Å²) in [5.41, 5.74) is 1.00. The molecule has 9 heteroatoms. The average Bonchev–Trinajstić information content (AvgIpc) is 2.88. The highest BCUT2D eigenvalue weighted by atomic mass is 16.5. The van der Waals surface area contributed by atoms with Gasteiger partial charge >= 0.3 is 5.97 Å². The molecule has 0 saturated carbocycles. The van der Waals surface area contributed by atoms with Gasteiger partial charge in [-0.25, -0.2) is 9.78 Å². The van der Waals surface area contributed by atoms with Crippen LogP contribution in [0.1, 0.15) is 21.7 Å². The molecule has 0 N–H and O–H groups in total. The SMILES string of the molecule is COc1cc(C(=O)Oc2ccccc2C=Nn2c(C)nc3ccccc3c2=O)cc(OC)c1OC. The lowest BCUT2D eigenvalue weighted by molar-refractivity contribution is 0.0733. The number of hydrogen-bond acceptors (Lipinski definition) is 8. The molecule has 9 nitrogen and oxygen atoms in total. The summed E-state index contributed by atoms with van der Waals surface area (Å²) < 4.78 is 22.8. The van der Waals surface area contributed by atoms with E-state index >= 15 is 0 Å². The minimum Gasteiger partial charge on any atom is -0.493 e. The van der Waals surface area contributed by atoms with E-state index in [1.54, 1.807) is 49.4 Å². The van der Waals surface area contributed by atoms with Gasteiger partial charge in [-0.1, -0.05) is 24.3 Å². The van der Waals surface area contributed by atoms with Crippen LogP contribution in [0.2, 0.25) is 0 Å². The van der Waals surface area contributed by atoms with Crippen molar-refractivity contribution in [3.05, 3.63) is 88.0 Å². The molecule has 0 saturated heterocycles. The fourth-order valence-corrected chi connectivity index (χ4v) is 3.53. The van der Waals surface area contributed by atoms with Crippen molar-refractivity contribution >= 4 is 23.1 Å². The fraction of sp³-hybridized carbons (Fsp3) is 0.154. The molecule has 4 aromatic rings. The van der Waals surface area contributed by atoms with Gasteiger partial charge in [-0.3, -0.25) is 4.79 Å². The van der Waals surface area contributed by atoms with Gasteiger partial charge in [0, 0.05) is 5.56 Å². The molecule has 0 atom stereocenters. The number of aryl methyl sites for hydroxylation is 1. The lowest BCUT2D eigenvalue weighted by Gasteiger charge is -2.14. The van der Waals surface area contributed by atoms with Crippen LogP contribution in [-0.4, -0.2) is 43.2 Å². The first kappa shape index (κ1) is 23.5. The van der Waals surface area contributed by atoms with Gasteiger partial charge in [-0.05, 0) is 43.3 Å². The first-order chi connectivity index (χ1) is 17.0. The summed E-state index contributed by atoms with van der Waals surface area (Å²) in [7, 11) is 4.40. The predicted octanol–water partition coefficient (Wildman–Crippen LogP) is 3.83. The minimum atomic E-state index is -0.633. The van der Waals surface area contributed by atoms with Crippen molar-refractivity contribution in [2.45, 2.75) is 6.92 Å². The van der Waals surface area contributed by atoms with E-state index in [2.05, 4.69) is 10.1 Å². The first-order valence-electron chi connectivity index (χ1n) is 10.6. The van der Waals surface area contributed by atoms with Crippen LogP contribution >= 0.6 is 0 Å². The Hall–Kier alpha value is -4.66. The Labute approximate surface area is 201 Å². The molecule has 0 spiro atoms. The van der Waals surface area contributed by atoms with Gasteiger partial charge in [0.05, 0.1) is 44.0 Å². The zero-order chi connectivity index (χ0) is 24.9. The van der Waals surface area contributed by atoms with Crippen molar-refractivity contribution in [1.82, 2.24) is 9.66 Å². The molecule has 35 heavy (non-hydrogen) atoms. The fourth-order valence-electron chi connectivity index (χ4n) is 3.53. The van der Waals surface area contributed by atoms with Gasteiger partial charge in [-0.15, -0.1) is 0 Å². The quantitative estimate of drug-likeness (QED) is 0.228. The van der Waals surface area contributed by atoms with Gasteiger partial charge in [0.25, 0.3) is 5.56 Å². The number of benzene rings is 3. The van der Waals surface area contributed by atoms with Crippen LogP contribution in [0.4, 0.5) is 0 Å². The topological polar surface area (TPSA) is 101 Å². The Bertz CT molecular complexity index is 1470. The summed E-state index contributed by atoms with van der Waals surface area (Å²) >= 11 is 0. The third kappa shape index (κ3) is 4.70. The maximum atomic E-state index is 12.9. The van der Waals surface area contributed by atoms with Crippen LogP contribution in [0.5, 0.6) is 23.0 Å². The van der Waals surface area contributed by atoms with Crippen molar-refractivity contribution in [3.63, 3.8) is 0 Å². The standard InChI is InChI=1S/C26H23N3O6/c1-16-28-20-11-7-6-10-19(20)25(30)29(16)27-15-17-9-5-8-12-21(17)35-26(31)18-13-22(32-2)24(34-4)23(14-18)33-3/h5-15H,1-4H3. The Kier molecular flexibility index (Phi) is 6.77. The number of rotatable bonds is 7. The zero-order valence-electron chi connectivity index (χ0n) is 19.6. The lowest BCUT2D eigenvalue weighted by atomic mass is 10.1. The molecule has 4 rings (SSSR count). The molecule has 3 aromatic carbocycles. The number of ether oxygens (including phenoxy) is 4. The highest BCUT2D eigenvalue weighted by molar-refractivity contribution is 5.94. The molecule has 0 fully saturated rings. The van der Waals surface area contributed by atoms with Crippen molar-refractivity contribution in [1.29, 1.82) is 0 Å². The number of nitrogens with zero attached hydrogens (tertiary/aromatic N) is 3. The van der Waals surface area contributed by atoms with E-state index in [-0.39, 0.29) is 16.9 Å². The van der Waals surface area contributed by atoms with Gasteiger partial charge in [0.2, 0.25) is 5.75 Å². The molecule has 1 heterocycles. The lowest BCUT2D eigenvalue weighted by Crippen LogP contribution is -2.20. The number of fused-ring (bicyclic) bond motifs is 1. The molecule has 0 amide bonds. The summed E-state index contributed by atoms with van der Waals surface area (Å²) in [5.74, 6) is 1.07. The smallest absolute Gasteiger partial charge is 0.343 e. The third-order valence-electron chi connectivity index (χ3n) is 5.25. The van der Waals surface area contributed by atoms with Crippen LogP contribution in [0.25, 0.3) is 10.9 Å². The average molecular weight is 473 g/mol. The van der Waals surface area contributed by atoms with Crippen LogP contribution in [0, 0.1) is 6.92 Å². The van der Waals surface area contributed by atoms with Gasteiger partial charge < -0.3 is 18.9 Å².